The van der Waals surface area contributed by atoms with Gasteiger partial charge in [0.25, 0.3) is 10.0 Å². The summed E-state index contributed by atoms with van der Waals surface area (Å²) >= 11 is 0. The van der Waals surface area contributed by atoms with Gasteiger partial charge >= 0.3 is 5.97 Å². The van der Waals surface area contributed by atoms with Crippen LogP contribution in [0.3, 0.4) is 0 Å². The number of benzene rings is 2. The second-order valence-corrected chi connectivity index (χ2v) is 7.35. The van der Waals surface area contributed by atoms with Crippen molar-refractivity contribution in [3.63, 3.8) is 0 Å². The third kappa shape index (κ3) is 4.17. The van der Waals surface area contributed by atoms with Crippen LogP contribution in [-0.4, -0.2) is 27.5 Å². The molecule has 0 aliphatic heterocycles. The molecule has 0 bridgehead atoms. The van der Waals surface area contributed by atoms with Crippen molar-refractivity contribution in [2.45, 2.75) is 25.7 Å². The van der Waals surface area contributed by atoms with E-state index in [-0.39, 0.29) is 11.5 Å². The molecule has 25 heavy (non-hydrogen) atoms. The summed E-state index contributed by atoms with van der Waals surface area (Å²) in [7, 11) is -4.06. The molecular formula is C18H20FNO4S. The molecule has 0 amide bonds. The quantitative estimate of drug-likeness (QED) is 0.738. The van der Waals surface area contributed by atoms with Gasteiger partial charge in [-0.25, -0.2) is 12.8 Å². The molecule has 0 saturated heterocycles. The van der Waals surface area contributed by atoms with Crippen molar-refractivity contribution in [2.75, 3.05) is 17.5 Å². The molecule has 5 nitrogen and oxygen atoms in total. The molecule has 2 rings (SSSR count). The lowest BCUT2D eigenvalue weighted by molar-refractivity contribution is -0.141. The van der Waals surface area contributed by atoms with Gasteiger partial charge in [-0.1, -0.05) is 12.1 Å². The van der Waals surface area contributed by atoms with Gasteiger partial charge in [-0.2, -0.15) is 0 Å². The van der Waals surface area contributed by atoms with Crippen LogP contribution in [0.25, 0.3) is 0 Å². The molecule has 0 aliphatic carbocycles. The van der Waals surface area contributed by atoms with Crippen molar-refractivity contribution in [3.8, 4) is 0 Å². The Labute approximate surface area is 147 Å². The lowest BCUT2D eigenvalue weighted by atomic mass is 10.1. The first-order chi connectivity index (χ1) is 11.8. The van der Waals surface area contributed by atoms with Crippen molar-refractivity contribution < 1.29 is 22.3 Å². The molecule has 2 aromatic carbocycles. The fourth-order valence-electron chi connectivity index (χ4n) is 2.36. The highest BCUT2D eigenvalue weighted by Gasteiger charge is 2.29. The van der Waals surface area contributed by atoms with E-state index in [0.717, 1.165) is 27.6 Å². The molecule has 0 radical (unpaired) electrons. The molecule has 0 aromatic heterocycles. The molecule has 7 heteroatoms. The van der Waals surface area contributed by atoms with E-state index in [4.69, 9.17) is 4.74 Å². The van der Waals surface area contributed by atoms with E-state index in [1.807, 2.05) is 13.0 Å². The Morgan fingerprint density at radius 1 is 1.12 bits per heavy atom. The molecule has 0 heterocycles. The van der Waals surface area contributed by atoms with Crippen LogP contribution in [0, 0.1) is 19.7 Å². The van der Waals surface area contributed by atoms with E-state index in [1.165, 1.54) is 12.1 Å². The van der Waals surface area contributed by atoms with Crippen LogP contribution in [0.2, 0.25) is 0 Å². The standard InChI is InChI=1S/C18H20FNO4S/c1-4-24-18(21)12-20(17-7-5-6-13(2)14(17)3)25(22,23)16-10-8-15(19)9-11-16/h5-11H,4,12H2,1-3H3. The highest BCUT2D eigenvalue weighted by Crippen LogP contribution is 2.28. The van der Waals surface area contributed by atoms with Crippen molar-refractivity contribution >= 4 is 21.7 Å². The topological polar surface area (TPSA) is 63.7 Å². The second-order valence-electron chi connectivity index (χ2n) is 5.49. The molecule has 0 atom stereocenters. The maximum atomic E-state index is 13.1. The number of esters is 1. The number of rotatable bonds is 6. The van der Waals surface area contributed by atoms with E-state index in [2.05, 4.69) is 0 Å². The zero-order valence-electron chi connectivity index (χ0n) is 14.3. The van der Waals surface area contributed by atoms with E-state index < -0.39 is 28.4 Å². The SMILES string of the molecule is CCOC(=O)CN(c1cccc(C)c1C)S(=O)(=O)c1ccc(F)cc1. The molecule has 0 unspecified atom stereocenters. The van der Waals surface area contributed by atoms with Gasteiger partial charge in [0.15, 0.2) is 0 Å². The number of hydrogen-bond donors (Lipinski definition) is 0. The molecule has 0 aliphatic rings. The van der Waals surface area contributed by atoms with Gasteiger partial charge in [-0.05, 0) is 62.2 Å². The summed E-state index contributed by atoms with van der Waals surface area (Å²) in [5.41, 5.74) is 2.01. The third-order valence-corrected chi connectivity index (χ3v) is 5.60. The first-order valence-electron chi connectivity index (χ1n) is 7.77. The Hall–Kier alpha value is -2.41. The van der Waals surface area contributed by atoms with E-state index in [0.29, 0.717) is 5.69 Å². The van der Waals surface area contributed by atoms with Gasteiger partial charge in [0.05, 0.1) is 17.2 Å². The molecule has 0 saturated carbocycles. The van der Waals surface area contributed by atoms with Crippen LogP contribution >= 0.6 is 0 Å². The number of carbonyl (C=O) groups excluding carboxylic acids is 1. The molecule has 2 aromatic rings. The van der Waals surface area contributed by atoms with E-state index in [9.17, 15) is 17.6 Å². The molecular weight excluding hydrogens is 345 g/mol. The van der Waals surface area contributed by atoms with E-state index >= 15 is 0 Å². The van der Waals surface area contributed by atoms with Gasteiger partial charge in [-0.15, -0.1) is 0 Å². The van der Waals surface area contributed by atoms with Crippen molar-refractivity contribution in [3.05, 3.63) is 59.4 Å². The van der Waals surface area contributed by atoms with Crippen LogP contribution in [0.15, 0.2) is 47.4 Å². The molecule has 0 N–H and O–H groups in total. The number of carbonyl (C=O) groups is 1. The predicted molar refractivity (Wildman–Crippen MR) is 93.5 cm³/mol. The smallest absolute Gasteiger partial charge is 0.326 e. The van der Waals surface area contributed by atoms with Crippen LogP contribution in [0.5, 0.6) is 0 Å². The summed E-state index contributed by atoms with van der Waals surface area (Å²) in [5.74, 6) is -1.20. The summed E-state index contributed by atoms with van der Waals surface area (Å²) in [4.78, 5) is 11.9. The number of aryl methyl sites for hydroxylation is 1. The third-order valence-electron chi connectivity index (χ3n) is 3.82. The van der Waals surface area contributed by atoms with Gasteiger partial charge in [0.1, 0.15) is 12.4 Å². The average molecular weight is 365 g/mol. The second kappa shape index (κ2) is 7.65. The lowest BCUT2D eigenvalue weighted by Gasteiger charge is -2.25. The zero-order chi connectivity index (χ0) is 18.6. The zero-order valence-corrected chi connectivity index (χ0v) is 15.1. The largest absolute Gasteiger partial charge is 0.465 e. The molecule has 134 valence electrons. The van der Waals surface area contributed by atoms with Gasteiger partial charge < -0.3 is 4.74 Å². The Bertz CT molecular complexity index is 863. The van der Waals surface area contributed by atoms with Gasteiger partial charge in [0, 0.05) is 0 Å². The predicted octanol–water partition coefficient (Wildman–Crippen LogP) is 3.20. The normalized spacial score (nSPS) is 11.2. The summed E-state index contributed by atoms with van der Waals surface area (Å²) in [6, 6.07) is 9.68. The number of ether oxygens (including phenoxy) is 1. The summed E-state index contributed by atoms with van der Waals surface area (Å²) in [5, 5.41) is 0. The highest BCUT2D eigenvalue weighted by atomic mass is 32.2. The fourth-order valence-corrected chi connectivity index (χ4v) is 3.83. The Morgan fingerprint density at radius 3 is 2.36 bits per heavy atom. The number of nitrogens with zero attached hydrogens (tertiary/aromatic N) is 1. The van der Waals surface area contributed by atoms with Crippen LogP contribution < -0.4 is 4.31 Å². The maximum Gasteiger partial charge on any atom is 0.326 e. The van der Waals surface area contributed by atoms with Crippen molar-refractivity contribution in [2.24, 2.45) is 0 Å². The molecule has 0 spiro atoms. The van der Waals surface area contributed by atoms with E-state index in [1.54, 1.807) is 26.0 Å². The van der Waals surface area contributed by atoms with Gasteiger partial charge in [0.2, 0.25) is 0 Å². The van der Waals surface area contributed by atoms with Crippen molar-refractivity contribution in [1.29, 1.82) is 0 Å². The Kier molecular flexibility index (Phi) is 5.79. The average Bonchev–Trinajstić information content (AvgIpc) is 2.56. The van der Waals surface area contributed by atoms with Gasteiger partial charge in [-0.3, -0.25) is 9.10 Å². The fraction of sp³-hybridized carbons (Fsp3) is 0.278. The van der Waals surface area contributed by atoms with Crippen molar-refractivity contribution in [1.82, 2.24) is 0 Å². The minimum Gasteiger partial charge on any atom is -0.465 e. The van der Waals surface area contributed by atoms with Crippen LogP contribution in [-0.2, 0) is 19.6 Å². The lowest BCUT2D eigenvalue weighted by Crippen LogP contribution is -2.37. The summed E-state index contributed by atoms with van der Waals surface area (Å²) < 4.78 is 45.1. The first kappa shape index (κ1) is 18.9. The minimum atomic E-state index is -4.06. The summed E-state index contributed by atoms with van der Waals surface area (Å²) in [6.07, 6.45) is 0. The summed E-state index contributed by atoms with van der Waals surface area (Å²) in [6.45, 7) is 4.97. The number of halogens is 1. The minimum absolute atomic E-state index is 0.0981. The monoisotopic (exact) mass is 365 g/mol. The number of hydrogen-bond acceptors (Lipinski definition) is 4. The highest BCUT2D eigenvalue weighted by molar-refractivity contribution is 7.92. The number of sulfonamides is 1. The number of anilines is 1. The van der Waals surface area contributed by atoms with Crippen LogP contribution in [0.4, 0.5) is 10.1 Å². The molecule has 0 fully saturated rings. The Balaban J connectivity index is 2.56. The maximum absolute atomic E-state index is 13.1. The Morgan fingerprint density at radius 2 is 1.76 bits per heavy atom. The van der Waals surface area contributed by atoms with Crippen LogP contribution in [0.1, 0.15) is 18.1 Å². The first-order valence-corrected chi connectivity index (χ1v) is 9.21.